The summed E-state index contributed by atoms with van der Waals surface area (Å²) in [6, 6.07) is 29.3. The largest absolute Gasteiger partial charge is 0.319 e. The van der Waals surface area contributed by atoms with E-state index in [4.69, 9.17) is 23.2 Å². The van der Waals surface area contributed by atoms with Crippen LogP contribution in [0.15, 0.2) is 91.0 Å². The second kappa shape index (κ2) is 8.74. The van der Waals surface area contributed by atoms with Crippen LogP contribution in [0.4, 0.5) is 5.69 Å². The Morgan fingerprint density at radius 3 is 2.39 bits per heavy atom. The van der Waals surface area contributed by atoms with Crippen molar-refractivity contribution in [3.63, 3.8) is 0 Å². The summed E-state index contributed by atoms with van der Waals surface area (Å²) in [5, 5.41) is 10.4. The Morgan fingerprint density at radius 2 is 1.61 bits per heavy atom. The molecule has 33 heavy (non-hydrogen) atoms. The van der Waals surface area contributed by atoms with Crippen LogP contribution in [0.1, 0.15) is 16.1 Å². The van der Waals surface area contributed by atoms with E-state index in [1.54, 1.807) is 28.9 Å². The van der Waals surface area contributed by atoms with E-state index in [-0.39, 0.29) is 11.6 Å². The second-order valence-corrected chi connectivity index (χ2v) is 8.56. The zero-order valence-corrected chi connectivity index (χ0v) is 19.2. The average molecular weight is 472 g/mol. The number of benzene rings is 4. The van der Waals surface area contributed by atoms with Crippen LogP contribution in [-0.2, 0) is 0 Å². The molecule has 0 aliphatic carbocycles. The van der Waals surface area contributed by atoms with Crippen molar-refractivity contribution in [2.75, 3.05) is 5.32 Å². The molecule has 0 aliphatic heterocycles. The fourth-order valence-electron chi connectivity index (χ4n) is 3.72. The molecule has 0 bridgehead atoms. The highest BCUT2D eigenvalue weighted by Crippen LogP contribution is 2.31. The number of carbonyl (C=O) groups is 1. The van der Waals surface area contributed by atoms with Gasteiger partial charge >= 0.3 is 0 Å². The van der Waals surface area contributed by atoms with Crippen molar-refractivity contribution < 1.29 is 4.79 Å². The number of hydrogen-bond donors (Lipinski definition) is 1. The summed E-state index contributed by atoms with van der Waals surface area (Å²) in [6.07, 6.45) is 0. The van der Waals surface area contributed by atoms with Gasteiger partial charge in [-0.1, -0.05) is 83.4 Å². The van der Waals surface area contributed by atoms with Gasteiger partial charge in [-0.3, -0.25) is 4.79 Å². The van der Waals surface area contributed by atoms with Crippen LogP contribution in [-0.4, -0.2) is 15.7 Å². The summed E-state index contributed by atoms with van der Waals surface area (Å²) in [4.78, 5) is 13.1. The molecule has 162 valence electrons. The minimum atomic E-state index is -0.368. The summed E-state index contributed by atoms with van der Waals surface area (Å²) in [5.41, 5.74) is 4.49. The molecule has 0 unspecified atom stereocenters. The van der Waals surface area contributed by atoms with Crippen LogP contribution in [0.3, 0.4) is 0 Å². The van der Waals surface area contributed by atoms with Gasteiger partial charge in [0, 0.05) is 5.56 Å². The van der Waals surface area contributed by atoms with Gasteiger partial charge in [0.05, 0.1) is 27.1 Å². The molecule has 0 atom stereocenters. The molecule has 1 amide bonds. The molecule has 1 aromatic heterocycles. The predicted molar refractivity (Wildman–Crippen MR) is 136 cm³/mol. The first-order chi connectivity index (χ1) is 16.0. The van der Waals surface area contributed by atoms with Crippen LogP contribution in [0, 0.1) is 6.92 Å². The number of anilines is 1. The summed E-state index contributed by atoms with van der Waals surface area (Å²) in [5.74, 6) is -0.368. The molecule has 1 N–H and O–H groups in total. The SMILES string of the molecule is Cc1ccc(-n2nc(C(=O)Nc3cccc(Cl)c3Cl)cc2-c2ccc3ccccc3c2)cc1. The van der Waals surface area contributed by atoms with E-state index in [0.29, 0.717) is 15.7 Å². The number of amides is 1. The van der Waals surface area contributed by atoms with E-state index in [1.807, 2.05) is 49.4 Å². The third-order valence-electron chi connectivity index (χ3n) is 5.47. The predicted octanol–water partition coefficient (Wildman–Crippen LogP) is 7.56. The molecule has 5 aromatic rings. The molecule has 5 rings (SSSR count). The molecule has 0 fully saturated rings. The number of fused-ring (bicyclic) bond motifs is 1. The van der Waals surface area contributed by atoms with Crippen molar-refractivity contribution in [2.24, 2.45) is 0 Å². The van der Waals surface area contributed by atoms with Crippen molar-refractivity contribution in [2.45, 2.75) is 6.92 Å². The monoisotopic (exact) mass is 471 g/mol. The molecular formula is C27H19Cl2N3O. The first kappa shape index (κ1) is 21.3. The van der Waals surface area contributed by atoms with Crippen LogP contribution in [0.2, 0.25) is 10.0 Å². The second-order valence-electron chi connectivity index (χ2n) is 7.78. The minimum Gasteiger partial charge on any atom is -0.319 e. The van der Waals surface area contributed by atoms with Crippen LogP contribution < -0.4 is 5.32 Å². The van der Waals surface area contributed by atoms with E-state index in [2.05, 4.69) is 34.7 Å². The number of hydrogen-bond acceptors (Lipinski definition) is 2. The standard InChI is InChI=1S/C27H19Cl2N3O/c1-17-9-13-21(14-10-17)32-25(20-12-11-18-5-2-3-6-19(18)15-20)16-24(31-32)27(33)30-23-8-4-7-22(28)26(23)29/h2-16H,1H3,(H,30,33). The summed E-state index contributed by atoms with van der Waals surface area (Å²) < 4.78 is 1.79. The van der Waals surface area contributed by atoms with Gasteiger partial charge in [-0.2, -0.15) is 5.10 Å². The van der Waals surface area contributed by atoms with Crippen LogP contribution >= 0.6 is 23.2 Å². The maximum atomic E-state index is 13.1. The first-order valence-electron chi connectivity index (χ1n) is 10.4. The maximum Gasteiger partial charge on any atom is 0.276 e. The number of rotatable bonds is 4. The van der Waals surface area contributed by atoms with Crippen molar-refractivity contribution in [1.29, 1.82) is 0 Å². The summed E-state index contributed by atoms with van der Waals surface area (Å²) >= 11 is 12.3. The molecule has 1 heterocycles. The highest BCUT2D eigenvalue weighted by Gasteiger charge is 2.18. The van der Waals surface area contributed by atoms with E-state index in [9.17, 15) is 4.79 Å². The highest BCUT2D eigenvalue weighted by atomic mass is 35.5. The maximum absolute atomic E-state index is 13.1. The number of halogens is 2. The van der Waals surface area contributed by atoms with Gasteiger partial charge in [0.25, 0.3) is 5.91 Å². The Hall–Kier alpha value is -3.60. The molecule has 0 radical (unpaired) electrons. The lowest BCUT2D eigenvalue weighted by atomic mass is 10.0. The van der Waals surface area contributed by atoms with Gasteiger partial charge in [0.1, 0.15) is 0 Å². The van der Waals surface area contributed by atoms with Crippen molar-refractivity contribution in [3.05, 3.63) is 112 Å². The molecule has 0 saturated heterocycles. The molecular weight excluding hydrogens is 453 g/mol. The third kappa shape index (κ3) is 4.23. The smallest absolute Gasteiger partial charge is 0.276 e. The molecule has 6 heteroatoms. The molecule has 0 aliphatic rings. The number of nitrogens with zero attached hydrogens (tertiary/aromatic N) is 2. The Bertz CT molecular complexity index is 1490. The zero-order chi connectivity index (χ0) is 22.9. The number of nitrogens with one attached hydrogen (secondary N) is 1. The molecule has 0 spiro atoms. The van der Waals surface area contributed by atoms with Crippen LogP contribution in [0.5, 0.6) is 0 Å². The van der Waals surface area contributed by atoms with Gasteiger partial charge in [-0.05, 0) is 54.1 Å². The summed E-state index contributed by atoms with van der Waals surface area (Å²) in [6.45, 7) is 2.03. The van der Waals surface area contributed by atoms with E-state index in [1.165, 1.54) is 0 Å². The van der Waals surface area contributed by atoms with E-state index < -0.39 is 0 Å². The average Bonchev–Trinajstić information content (AvgIpc) is 3.28. The normalized spacial score (nSPS) is 11.0. The summed E-state index contributed by atoms with van der Waals surface area (Å²) in [7, 11) is 0. The lowest BCUT2D eigenvalue weighted by molar-refractivity contribution is 0.102. The Kier molecular flexibility index (Phi) is 5.63. The zero-order valence-electron chi connectivity index (χ0n) is 17.7. The topological polar surface area (TPSA) is 46.9 Å². The Labute approximate surface area is 201 Å². The number of carbonyl (C=O) groups excluding carboxylic acids is 1. The fraction of sp³-hybridized carbons (Fsp3) is 0.0370. The molecule has 4 aromatic carbocycles. The molecule has 0 saturated carbocycles. The van der Waals surface area contributed by atoms with Crippen molar-refractivity contribution in [3.8, 4) is 16.9 Å². The number of aryl methyl sites for hydroxylation is 1. The first-order valence-corrected chi connectivity index (χ1v) is 11.2. The Morgan fingerprint density at radius 1 is 0.848 bits per heavy atom. The van der Waals surface area contributed by atoms with Crippen molar-refractivity contribution >= 4 is 45.6 Å². The highest BCUT2D eigenvalue weighted by molar-refractivity contribution is 6.44. The third-order valence-corrected chi connectivity index (χ3v) is 6.28. The number of aromatic nitrogens is 2. The van der Waals surface area contributed by atoms with Gasteiger partial charge in [-0.25, -0.2) is 4.68 Å². The fourth-order valence-corrected chi connectivity index (χ4v) is 4.06. The lowest BCUT2D eigenvalue weighted by Crippen LogP contribution is -2.13. The van der Waals surface area contributed by atoms with Crippen LogP contribution in [0.25, 0.3) is 27.7 Å². The quantitative estimate of drug-likeness (QED) is 0.293. The van der Waals surface area contributed by atoms with Gasteiger partial charge < -0.3 is 5.32 Å². The van der Waals surface area contributed by atoms with E-state index >= 15 is 0 Å². The minimum absolute atomic E-state index is 0.273. The van der Waals surface area contributed by atoms with Crippen molar-refractivity contribution in [1.82, 2.24) is 9.78 Å². The lowest BCUT2D eigenvalue weighted by Gasteiger charge is -2.09. The van der Waals surface area contributed by atoms with Gasteiger partial charge in [-0.15, -0.1) is 0 Å². The molecule has 4 nitrogen and oxygen atoms in total. The van der Waals surface area contributed by atoms with E-state index in [0.717, 1.165) is 33.3 Å². The Balaban J connectivity index is 1.60. The van der Waals surface area contributed by atoms with Gasteiger partial charge in [0.2, 0.25) is 0 Å². The van der Waals surface area contributed by atoms with Gasteiger partial charge in [0.15, 0.2) is 5.69 Å².